The highest BCUT2D eigenvalue weighted by Gasteiger charge is 2.40. The average Bonchev–Trinajstić information content (AvgIpc) is 3.18. The summed E-state index contributed by atoms with van der Waals surface area (Å²) in [7, 11) is 1.58. The zero-order valence-corrected chi connectivity index (χ0v) is 19.8. The standard InChI is InChI=1S/C25H27F2N3O4/c1-6-33-21(31)13-20-23-28-29-24(25(4,26)27)30(23)18-11-10-14(2)12-17(18)22(34-20)16-8-7-9-19(32-5)15(16)3/h7-12,20,22H,6,13H2,1-5H3/t20-,22-/m0/s1. The number of esters is 1. The fourth-order valence-corrected chi connectivity index (χ4v) is 4.30. The molecule has 180 valence electrons. The van der Waals surface area contributed by atoms with Gasteiger partial charge >= 0.3 is 11.9 Å². The Morgan fingerprint density at radius 1 is 1.18 bits per heavy atom. The Balaban J connectivity index is 1.98. The van der Waals surface area contributed by atoms with Crippen molar-refractivity contribution in [2.45, 2.75) is 52.2 Å². The van der Waals surface area contributed by atoms with Crippen molar-refractivity contribution >= 4 is 5.97 Å². The lowest BCUT2D eigenvalue weighted by Crippen LogP contribution is -2.19. The predicted molar refractivity (Wildman–Crippen MR) is 120 cm³/mol. The maximum atomic E-state index is 14.6. The van der Waals surface area contributed by atoms with Crippen LogP contribution in [-0.4, -0.2) is 34.5 Å². The van der Waals surface area contributed by atoms with Crippen LogP contribution in [0.2, 0.25) is 0 Å². The SMILES string of the molecule is CCOC(=O)C[C@@H]1O[C@@H](c2cccc(OC)c2C)c2cc(C)ccc2-n2c1nnc2C(C)(F)F. The molecule has 0 bridgehead atoms. The average molecular weight is 472 g/mol. The molecule has 1 aliphatic heterocycles. The Morgan fingerprint density at radius 2 is 1.94 bits per heavy atom. The van der Waals surface area contributed by atoms with Gasteiger partial charge in [0.2, 0.25) is 5.82 Å². The molecule has 1 aromatic heterocycles. The van der Waals surface area contributed by atoms with E-state index in [1.807, 2.05) is 44.2 Å². The fourth-order valence-electron chi connectivity index (χ4n) is 4.30. The van der Waals surface area contributed by atoms with Gasteiger partial charge in [-0.05, 0) is 44.0 Å². The number of hydrogen-bond acceptors (Lipinski definition) is 6. The summed E-state index contributed by atoms with van der Waals surface area (Å²) in [5.74, 6) is -3.52. The van der Waals surface area contributed by atoms with E-state index in [9.17, 15) is 13.6 Å². The first-order valence-corrected chi connectivity index (χ1v) is 11.0. The molecular weight excluding hydrogens is 444 g/mol. The van der Waals surface area contributed by atoms with E-state index in [1.165, 1.54) is 4.57 Å². The van der Waals surface area contributed by atoms with Gasteiger partial charge in [-0.15, -0.1) is 10.2 Å². The van der Waals surface area contributed by atoms with Crippen molar-refractivity contribution in [3.05, 3.63) is 70.3 Å². The third-order valence-electron chi connectivity index (χ3n) is 5.86. The van der Waals surface area contributed by atoms with Crippen LogP contribution < -0.4 is 4.74 Å². The molecular formula is C25H27F2N3O4. The third kappa shape index (κ3) is 4.27. The lowest BCUT2D eigenvalue weighted by molar-refractivity contribution is -0.147. The summed E-state index contributed by atoms with van der Waals surface area (Å²) in [5.41, 5.74) is 3.70. The number of alkyl halides is 2. The Bertz CT molecular complexity index is 1220. The number of benzene rings is 2. The predicted octanol–water partition coefficient (Wildman–Crippen LogP) is 5.12. The van der Waals surface area contributed by atoms with Crippen LogP contribution in [0.1, 0.15) is 66.4 Å². The van der Waals surface area contributed by atoms with Crippen LogP contribution in [0.15, 0.2) is 36.4 Å². The maximum absolute atomic E-state index is 14.6. The van der Waals surface area contributed by atoms with E-state index in [0.717, 1.165) is 23.6 Å². The van der Waals surface area contributed by atoms with Crippen molar-refractivity contribution in [2.75, 3.05) is 13.7 Å². The van der Waals surface area contributed by atoms with Crippen LogP contribution in [0.3, 0.4) is 0 Å². The number of ether oxygens (including phenoxy) is 3. The first-order chi connectivity index (χ1) is 16.2. The lowest BCUT2D eigenvalue weighted by Gasteiger charge is -2.24. The van der Waals surface area contributed by atoms with Gasteiger partial charge in [-0.2, -0.15) is 8.78 Å². The number of aryl methyl sites for hydroxylation is 1. The second-order valence-corrected chi connectivity index (χ2v) is 8.36. The fraction of sp³-hybridized carbons (Fsp3) is 0.400. The molecule has 0 N–H and O–H groups in total. The van der Waals surface area contributed by atoms with E-state index in [2.05, 4.69) is 10.2 Å². The van der Waals surface area contributed by atoms with E-state index >= 15 is 0 Å². The highest BCUT2D eigenvalue weighted by atomic mass is 19.3. The van der Waals surface area contributed by atoms with Gasteiger partial charge in [0.25, 0.3) is 0 Å². The molecule has 0 radical (unpaired) electrons. The summed E-state index contributed by atoms with van der Waals surface area (Å²) in [5, 5.41) is 7.85. The Morgan fingerprint density at radius 3 is 2.62 bits per heavy atom. The second kappa shape index (κ2) is 9.13. The summed E-state index contributed by atoms with van der Waals surface area (Å²) in [6.07, 6.45) is -1.84. The summed E-state index contributed by atoms with van der Waals surface area (Å²) >= 11 is 0. The quantitative estimate of drug-likeness (QED) is 0.465. The minimum absolute atomic E-state index is 0.123. The molecule has 0 saturated heterocycles. The van der Waals surface area contributed by atoms with Crippen LogP contribution >= 0.6 is 0 Å². The summed E-state index contributed by atoms with van der Waals surface area (Å²) in [6.45, 7) is 6.48. The summed E-state index contributed by atoms with van der Waals surface area (Å²) in [6, 6.07) is 11.1. The number of halogens is 2. The van der Waals surface area contributed by atoms with E-state index in [1.54, 1.807) is 20.1 Å². The maximum Gasteiger partial charge on any atom is 0.308 e. The smallest absolute Gasteiger partial charge is 0.308 e. The first kappa shape index (κ1) is 23.8. The molecule has 0 spiro atoms. The van der Waals surface area contributed by atoms with Gasteiger partial charge in [0.15, 0.2) is 5.82 Å². The monoisotopic (exact) mass is 471 g/mol. The zero-order valence-electron chi connectivity index (χ0n) is 19.8. The molecule has 0 amide bonds. The minimum Gasteiger partial charge on any atom is -0.496 e. The number of hydrogen-bond donors (Lipinski definition) is 0. The summed E-state index contributed by atoms with van der Waals surface area (Å²) < 4.78 is 47.6. The molecule has 0 saturated carbocycles. The van der Waals surface area contributed by atoms with Gasteiger partial charge in [0.1, 0.15) is 18.0 Å². The molecule has 4 rings (SSSR count). The molecule has 2 heterocycles. The molecule has 0 aliphatic carbocycles. The number of nitrogens with zero attached hydrogens (tertiary/aromatic N) is 3. The van der Waals surface area contributed by atoms with Gasteiger partial charge in [0, 0.05) is 12.5 Å². The minimum atomic E-state index is -3.27. The van der Waals surface area contributed by atoms with Crippen LogP contribution in [0, 0.1) is 13.8 Å². The molecule has 0 unspecified atom stereocenters. The number of aromatic nitrogens is 3. The number of methoxy groups -OCH3 is 1. The molecule has 2 aromatic carbocycles. The van der Waals surface area contributed by atoms with Crippen LogP contribution in [0.4, 0.5) is 8.78 Å². The van der Waals surface area contributed by atoms with Crippen LogP contribution in [-0.2, 0) is 20.2 Å². The number of carbonyl (C=O) groups excluding carboxylic acids is 1. The van der Waals surface area contributed by atoms with Crippen molar-refractivity contribution in [3.8, 4) is 11.4 Å². The van der Waals surface area contributed by atoms with Crippen LogP contribution in [0.25, 0.3) is 5.69 Å². The number of fused-ring (bicyclic) bond motifs is 3. The number of rotatable bonds is 6. The van der Waals surface area contributed by atoms with Crippen LogP contribution in [0.5, 0.6) is 5.75 Å². The Hall–Kier alpha value is -3.33. The van der Waals surface area contributed by atoms with Crippen molar-refractivity contribution in [3.63, 3.8) is 0 Å². The molecule has 2 atom stereocenters. The molecule has 1 aliphatic rings. The van der Waals surface area contributed by atoms with Gasteiger partial charge < -0.3 is 14.2 Å². The topological polar surface area (TPSA) is 75.5 Å². The van der Waals surface area contributed by atoms with E-state index in [4.69, 9.17) is 14.2 Å². The van der Waals surface area contributed by atoms with Gasteiger partial charge in [-0.3, -0.25) is 9.36 Å². The first-order valence-electron chi connectivity index (χ1n) is 11.0. The largest absolute Gasteiger partial charge is 0.496 e. The van der Waals surface area contributed by atoms with E-state index < -0.39 is 29.9 Å². The molecule has 9 heteroatoms. The lowest BCUT2D eigenvalue weighted by atomic mass is 9.94. The van der Waals surface area contributed by atoms with Crippen molar-refractivity contribution in [1.82, 2.24) is 14.8 Å². The van der Waals surface area contributed by atoms with E-state index in [-0.39, 0.29) is 18.9 Å². The zero-order chi connectivity index (χ0) is 24.6. The Kier molecular flexibility index (Phi) is 6.40. The normalized spacial score (nSPS) is 17.5. The molecule has 34 heavy (non-hydrogen) atoms. The summed E-state index contributed by atoms with van der Waals surface area (Å²) in [4.78, 5) is 12.4. The van der Waals surface area contributed by atoms with E-state index in [0.29, 0.717) is 17.0 Å². The second-order valence-electron chi connectivity index (χ2n) is 8.36. The Labute approximate surface area is 196 Å². The third-order valence-corrected chi connectivity index (χ3v) is 5.86. The highest BCUT2D eigenvalue weighted by Crippen LogP contribution is 2.44. The molecule has 0 fully saturated rings. The van der Waals surface area contributed by atoms with Crippen molar-refractivity contribution in [1.29, 1.82) is 0 Å². The van der Waals surface area contributed by atoms with Crippen molar-refractivity contribution in [2.24, 2.45) is 0 Å². The molecule has 3 aromatic rings. The van der Waals surface area contributed by atoms with Gasteiger partial charge in [0.05, 0.1) is 25.8 Å². The van der Waals surface area contributed by atoms with Gasteiger partial charge in [-0.25, -0.2) is 0 Å². The molecule has 7 nitrogen and oxygen atoms in total. The van der Waals surface area contributed by atoms with Gasteiger partial charge in [-0.1, -0.05) is 29.8 Å². The van der Waals surface area contributed by atoms with Crippen molar-refractivity contribution < 1.29 is 27.8 Å². The highest BCUT2D eigenvalue weighted by molar-refractivity contribution is 5.70. The number of carbonyl (C=O) groups is 1.